The number of thiazole rings is 1. The maximum atomic E-state index is 4.75. The first-order chi connectivity index (χ1) is 9.61. The van der Waals surface area contributed by atoms with E-state index in [1.165, 1.54) is 5.56 Å². The molecule has 4 heteroatoms. The summed E-state index contributed by atoms with van der Waals surface area (Å²) in [5.74, 6) is 0. The molecule has 0 amide bonds. The molecule has 0 saturated heterocycles. The second-order valence-corrected chi connectivity index (χ2v) is 6.12. The van der Waals surface area contributed by atoms with Crippen LogP contribution in [0, 0.1) is 0 Å². The Kier molecular flexibility index (Phi) is 5.15. The maximum Gasteiger partial charge on any atom is 0.185 e. The summed E-state index contributed by atoms with van der Waals surface area (Å²) in [4.78, 5) is 6.96. The Morgan fingerprint density at radius 1 is 1.25 bits per heavy atom. The van der Waals surface area contributed by atoms with Crippen LogP contribution in [0.3, 0.4) is 0 Å². The molecule has 108 valence electrons. The van der Waals surface area contributed by atoms with Crippen molar-refractivity contribution in [2.75, 3.05) is 19.0 Å². The van der Waals surface area contributed by atoms with Crippen molar-refractivity contribution in [1.29, 1.82) is 0 Å². The standard InChI is InChI=1S/C16H23N3S/c1-12(2)19(4)16-18-14(11-20-16)10-15(17-3)13-8-6-5-7-9-13/h5-9,11-12,15,17H,10H2,1-4H3. The van der Waals surface area contributed by atoms with Crippen molar-refractivity contribution in [3.05, 3.63) is 47.0 Å². The fourth-order valence-corrected chi connectivity index (χ4v) is 2.99. The van der Waals surface area contributed by atoms with Gasteiger partial charge in [-0.25, -0.2) is 4.98 Å². The zero-order chi connectivity index (χ0) is 14.5. The molecule has 0 spiro atoms. The van der Waals surface area contributed by atoms with Gasteiger partial charge in [-0.1, -0.05) is 30.3 Å². The number of nitrogens with zero attached hydrogens (tertiary/aromatic N) is 2. The Bertz CT molecular complexity index is 522. The molecule has 0 radical (unpaired) electrons. The number of benzene rings is 1. The second kappa shape index (κ2) is 6.86. The van der Waals surface area contributed by atoms with Gasteiger partial charge in [-0.15, -0.1) is 11.3 Å². The van der Waals surface area contributed by atoms with Crippen LogP contribution >= 0.6 is 11.3 Å². The molecule has 3 nitrogen and oxygen atoms in total. The van der Waals surface area contributed by atoms with Gasteiger partial charge >= 0.3 is 0 Å². The van der Waals surface area contributed by atoms with Crippen LogP contribution in [-0.4, -0.2) is 25.1 Å². The SMILES string of the molecule is CNC(Cc1csc(N(C)C(C)C)n1)c1ccccc1. The molecule has 0 bridgehead atoms. The molecule has 1 atom stereocenters. The van der Waals surface area contributed by atoms with Gasteiger partial charge in [0.05, 0.1) is 5.69 Å². The van der Waals surface area contributed by atoms with Crippen molar-refractivity contribution in [3.8, 4) is 0 Å². The Morgan fingerprint density at radius 2 is 1.95 bits per heavy atom. The summed E-state index contributed by atoms with van der Waals surface area (Å²) in [5, 5.41) is 6.64. The predicted octanol–water partition coefficient (Wildman–Crippen LogP) is 3.49. The monoisotopic (exact) mass is 289 g/mol. The summed E-state index contributed by atoms with van der Waals surface area (Å²) in [7, 11) is 4.10. The van der Waals surface area contributed by atoms with E-state index in [9.17, 15) is 0 Å². The summed E-state index contributed by atoms with van der Waals surface area (Å²) in [6.45, 7) is 4.36. The highest BCUT2D eigenvalue weighted by molar-refractivity contribution is 7.13. The molecule has 1 aromatic carbocycles. The second-order valence-electron chi connectivity index (χ2n) is 5.28. The average molecular weight is 289 g/mol. The lowest BCUT2D eigenvalue weighted by atomic mass is 10.0. The zero-order valence-corrected chi connectivity index (χ0v) is 13.4. The highest BCUT2D eigenvalue weighted by Gasteiger charge is 2.14. The minimum Gasteiger partial charge on any atom is -0.349 e. The van der Waals surface area contributed by atoms with Gasteiger partial charge in [0.25, 0.3) is 0 Å². The third-order valence-corrected chi connectivity index (χ3v) is 4.56. The minimum atomic E-state index is 0.315. The van der Waals surface area contributed by atoms with Crippen LogP contribution in [0.4, 0.5) is 5.13 Å². The lowest BCUT2D eigenvalue weighted by molar-refractivity contribution is 0.585. The van der Waals surface area contributed by atoms with Gasteiger partial charge in [-0.3, -0.25) is 0 Å². The van der Waals surface area contributed by atoms with Crippen LogP contribution in [0.1, 0.15) is 31.1 Å². The zero-order valence-electron chi connectivity index (χ0n) is 12.6. The third-order valence-electron chi connectivity index (χ3n) is 3.58. The van der Waals surface area contributed by atoms with E-state index < -0.39 is 0 Å². The lowest BCUT2D eigenvalue weighted by Gasteiger charge is -2.20. The van der Waals surface area contributed by atoms with Crippen molar-refractivity contribution in [2.45, 2.75) is 32.4 Å². The van der Waals surface area contributed by atoms with E-state index in [2.05, 4.69) is 66.8 Å². The molecule has 2 rings (SSSR count). The number of likely N-dealkylation sites (N-methyl/N-ethyl adjacent to an activating group) is 1. The first-order valence-corrected chi connectivity index (χ1v) is 7.89. The van der Waals surface area contributed by atoms with Gasteiger partial charge in [-0.2, -0.15) is 0 Å². The molecular formula is C16H23N3S. The van der Waals surface area contributed by atoms with Crippen LogP contribution in [0.25, 0.3) is 0 Å². The van der Waals surface area contributed by atoms with Crippen LogP contribution in [0.15, 0.2) is 35.7 Å². The number of aromatic nitrogens is 1. The number of hydrogen-bond donors (Lipinski definition) is 1. The quantitative estimate of drug-likeness (QED) is 0.882. The van der Waals surface area contributed by atoms with E-state index in [1.54, 1.807) is 11.3 Å². The maximum absolute atomic E-state index is 4.75. The first kappa shape index (κ1) is 15.0. The molecule has 1 unspecified atom stereocenters. The molecule has 0 aliphatic rings. The molecular weight excluding hydrogens is 266 g/mol. The summed E-state index contributed by atoms with van der Waals surface area (Å²) >= 11 is 1.72. The lowest BCUT2D eigenvalue weighted by Crippen LogP contribution is -2.25. The molecule has 20 heavy (non-hydrogen) atoms. The molecule has 0 fully saturated rings. The fourth-order valence-electron chi connectivity index (χ4n) is 2.05. The van der Waals surface area contributed by atoms with Crippen molar-refractivity contribution < 1.29 is 0 Å². The summed E-state index contributed by atoms with van der Waals surface area (Å²) in [6, 6.07) is 11.3. The van der Waals surface area contributed by atoms with E-state index in [0.717, 1.165) is 17.2 Å². The van der Waals surface area contributed by atoms with E-state index in [-0.39, 0.29) is 0 Å². The van der Waals surface area contributed by atoms with E-state index in [4.69, 9.17) is 4.98 Å². The Morgan fingerprint density at radius 3 is 2.55 bits per heavy atom. The largest absolute Gasteiger partial charge is 0.349 e. The van der Waals surface area contributed by atoms with Crippen LogP contribution in [0.2, 0.25) is 0 Å². The fraction of sp³-hybridized carbons (Fsp3) is 0.438. The molecule has 1 aromatic heterocycles. The summed E-state index contributed by atoms with van der Waals surface area (Å²) in [6.07, 6.45) is 0.920. The molecule has 0 saturated carbocycles. The van der Waals surface area contributed by atoms with E-state index in [0.29, 0.717) is 12.1 Å². The molecule has 2 aromatic rings. The smallest absolute Gasteiger partial charge is 0.185 e. The van der Waals surface area contributed by atoms with Gasteiger partial charge in [0.2, 0.25) is 0 Å². The summed E-state index contributed by atoms with van der Waals surface area (Å²) in [5.41, 5.74) is 2.46. The van der Waals surface area contributed by atoms with Crippen molar-refractivity contribution in [1.82, 2.24) is 10.3 Å². The Labute approximate surface area is 125 Å². The highest BCUT2D eigenvalue weighted by Crippen LogP contribution is 2.24. The molecule has 1 heterocycles. The number of rotatable bonds is 6. The first-order valence-electron chi connectivity index (χ1n) is 7.01. The van der Waals surface area contributed by atoms with Gasteiger partial charge < -0.3 is 10.2 Å². The van der Waals surface area contributed by atoms with Crippen LogP contribution in [-0.2, 0) is 6.42 Å². The Hall–Kier alpha value is -1.39. The van der Waals surface area contributed by atoms with E-state index >= 15 is 0 Å². The summed E-state index contributed by atoms with van der Waals surface area (Å²) < 4.78 is 0. The molecule has 0 aliphatic carbocycles. The van der Waals surface area contributed by atoms with Crippen LogP contribution in [0.5, 0.6) is 0 Å². The van der Waals surface area contributed by atoms with Gasteiger partial charge in [0.15, 0.2) is 5.13 Å². The van der Waals surface area contributed by atoms with Crippen molar-refractivity contribution >= 4 is 16.5 Å². The average Bonchev–Trinajstić information content (AvgIpc) is 2.93. The van der Waals surface area contributed by atoms with Gasteiger partial charge in [0, 0.05) is 30.9 Å². The molecule has 0 aliphatic heterocycles. The van der Waals surface area contributed by atoms with Crippen molar-refractivity contribution in [3.63, 3.8) is 0 Å². The van der Waals surface area contributed by atoms with Crippen molar-refractivity contribution in [2.24, 2.45) is 0 Å². The highest BCUT2D eigenvalue weighted by atomic mass is 32.1. The Balaban J connectivity index is 2.09. The predicted molar refractivity (Wildman–Crippen MR) is 87.6 cm³/mol. The number of anilines is 1. The van der Waals surface area contributed by atoms with E-state index in [1.807, 2.05) is 7.05 Å². The normalized spacial score (nSPS) is 12.7. The van der Waals surface area contributed by atoms with Gasteiger partial charge in [-0.05, 0) is 26.5 Å². The topological polar surface area (TPSA) is 28.2 Å². The number of nitrogens with one attached hydrogen (secondary N) is 1. The minimum absolute atomic E-state index is 0.315. The van der Waals surface area contributed by atoms with Crippen LogP contribution < -0.4 is 10.2 Å². The third kappa shape index (κ3) is 3.58. The molecule has 1 N–H and O–H groups in total. The number of hydrogen-bond acceptors (Lipinski definition) is 4. The van der Waals surface area contributed by atoms with Gasteiger partial charge in [0.1, 0.15) is 0 Å².